The zero-order chi connectivity index (χ0) is 21.0. The van der Waals surface area contributed by atoms with E-state index in [0.717, 1.165) is 11.1 Å². The van der Waals surface area contributed by atoms with E-state index in [2.05, 4.69) is 25.6 Å². The van der Waals surface area contributed by atoms with E-state index in [4.69, 9.17) is 0 Å². The maximum absolute atomic E-state index is 13.0. The molecule has 0 bridgehead atoms. The SMILES string of the molecule is O=c1c2ccccc2nc2nc(N/N=C/c3ccccc3)c(Cc3ccccc3)nn12. The van der Waals surface area contributed by atoms with E-state index in [0.29, 0.717) is 28.8 Å². The second-order valence-electron chi connectivity index (χ2n) is 7.00. The highest BCUT2D eigenvalue weighted by molar-refractivity contribution is 5.80. The summed E-state index contributed by atoms with van der Waals surface area (Å²) in [7, 11) is 0. The summed E-state index contributed by atoms with van der Waals surface area (Å²) >= 11 is 0. The van der Waals surface area contributed by atoms with Crippen LogP contribution in [0.1, 0.15) is 16.8 Å². The van der Waals surface area contributed by atoms with Gasteiger partial charge in [-0.2, -0.15) is 19.7 Å². The first-order chi connectivity index (χ1) is 15.3. The minimum absolute atomic E-state index is 0.220. The third-order valence-electron chi connectivity index (χ3n) is 4.84. The van der Waals surface area contributed by atoms with E-state index in [9.17, 15) is 4.79 Å². The number of anilines is 1. The molecule has 0 unspecified atom stereocenters. The number of fused-ring (bicyclic) bond motifs is 2. The van der Waals surface area contributed by atoms with Gasteiger partial charge >= 0.3 is 0 Å². The van der Waals surface area contributed by atoms with Gasteiger partial charge in [-0.25, -0.2) is 4.98 Å². The number of para-hydroxylation sites is 1. The lowest BCUT2D eigenvalue weighted by molar-refractivity contribution is 0.807. The lowest BCUT2D eigenvalue weighted by Crippen LogP contribution is -2.21. The molecule has 0 saturated heterocycles. The van der Waals surface area contributed by atoms with Gasteiger partial charge in [-0.1, -0.05) is 72.8 Å². The van der Waals surface area contributed by atoms with Crippen LogP contribution in [0.5, 0.6) is 0 Å². The number of benzene rings is 3. The number of rotatable bonds is 5. The molecule has 0 spiro atoms. The normalized spacial score (nSPS) is 11.4. The van der Waals surface area contributed by atoms with Crippen LogP contribution in [-0.4, -0.2) is 25.8 Å². The van der Waals surface area contributed by atoms with E-state index in [1.54, 1.807) is 18.3 Å². The van der Waals surface area contributed by atoms with Crippen LogP contribution in [-0.2, 0) is 6.42 Å². The highest BCUT2D eigenvalue weighted by Crippen LogP contribution is 2.16. The van der Waals surface area contributed by atoms with Crippen molar-refractivity contribution in [1.82, 2.24) is 19.6 Å². The van der Waals surface area contributed by atoms with Crippen LogP contribution in [0, 0.1) is 0 Å². The van der Waals surface area contributed by atoms with E-state index >= 15 is 0 Å². The Labute approximate surface area is 177 Å². The average Bonchev–Trinajstić information content (AvgIpc) is 2.81. The lowest BCUT2D eigenvalue weighted by atomic mass is 10.1. The summed E-state index contributed by atoms with van der Waals surface area (Å²) in [4.78, 5) is 22.1. The molecule has 0 aliphatic heterocycles. The van der Waals surface area contributed by atoms with Gasteiger partial charge in [0.05, 0.1) is 17.1 Å². The van der Waals surface area contributed by atoms with Crippen LogP contribution in [0.15, 0.2) is 94.8 Å². The third-order valence-corrected chi connectivity index (χ3v) is 4.84. The average molecular weight is 406 g/mol. The molecule has 31 heavy (non-hydrogen) atoms. The predicted molar refractivity (Wildman–Crippen MR) is 121 cm³/mol. The molecule has 0 amide bonds. The molecule has 2 heterocycles. The van der Waals surface area contributed by atoms with Gasteiger partial charge in [0.25, 0.3) is 11.3 Å². The Morgan fingerprint density at radius 1 is 0.871 bits per heavy atom. The van der Waals surface area contributed by atoms with Crippen LogP contribution < -0.4 is 11.0 Å². The number of hydrogen-bond donors (Lipinski definition) is 1. The Morgan fingerprint density at radius 2 is 1.58 bits per heavy atom. The first-order valence-electron chi connectivity index (χ1n) is 9.85. The van der Waals surface area contributed by atoms with Crippen molar-refractivity contribution in [2.45, 2.75) is 6.42 Å². The fourth-order valence-electron chi connectivity index (χ4n) is 3.31. The van der Waals surface area contributed by atoms with Crippen molar-refractivity contribution in [1.29, 1.82) is 0 Å². The molecule has 5 rings (SSSR count). The molecule has 7 nitrogen and oxygen atoms in total. The van der Waals surface area contributed by atoms with Crippen LogP contribution >= 0.6 is 0 Å². The fraction of sp³-hybridized carbons (Fsp3) is 0.0417. The summed E-state index contributed by atoms with van der Waals surface area (Å²) in [6.07, 6.45) is 2.20. The standard InChI is InChI=1S/C24H18N6O/c31-23-19-13-7-8-14-20(19)26-24-27-22(28-25-16-18-11-5-2-6-12-18)21(29-30(23)24)15-17-9-3-1-4-10-17/h1-14,16H,15H2,(H,26,27,28)/b25-16+. The molecule has 0 saturated carbocycles. The topological polar surface area (TPSA) is 84.5 Å². The summed E-state index contributed by atoms with van der Waals surface area (Å²) < 4.78 is 1.26. The minimum atomic E-state index is -0.248. The predicted octanol–water partition coefficient (Wildman–Crippen LogP) is 3.67. The number of aromatic nitrogens is 4. The number of hydrazone groups is 1. The van der Waals surface area contributed by atoms with E-state index in [-0.39, 0.29) is 11.3 Å². The molecule has 150 valence electrons. The maximum atomic E-state index is 13.0. The molecular weight excluding hydrogens is 388 g/mol. The molecule has 0 atom stereocenters. The number of nitrogens with one attached hydrogen (secondary N) is 1. The minimum Gasteiger partial charge on any atom is -0.267 e. The Morgan fingerprint density at radius 3 is 2.39 bits per heavy atom. The molecule has 0 aliphatic carbocycles. The van der Waals surface area contributed by atoms with Crippen LogP contribution in [0.3, 0.4) is 0 Å². The number of nitrogens with zero attached hydrogens (tertiary/aromatic N) is 5. The van der Waals surface area contributed by atoms with Crippen molar-refractivity contribution in [3.63, 3.8) is 0 Å². The Hall–Kier alpha value is -4.39. The van der Waals surface area contributed by atoms with Gasteiger partial charge in [0.15, 0.2) is 5.82 Å². The quantitative estimate of drug-likeness (QED) is 0.273. The lowest BCUT2D eigenvalue weighted by Gasteiger charge is -2.10. The van der Waals surface area contributed by atoms with Gasteiger partial charge in [0, 0.05) is 6.42 Å². The first-order valence-corrected chi connectivity index (χ1v) is 9.85. The summed E-state index contributed by atoms with van der Waals surface area (Å²) in [6.45, 7) is 0. The molecule has 0 aliphatic rings. The molecule has 0 fully saturated rings. The van der Waals surface area contributed by atoms with Gasteiger partial charge in [-0.3, -0.25) is 10.2 Å². The zero-order valence-electron chi connectivity index (χ0n) is 16.5. The van der Waals surface area contributed by atoms with Crippen LogP contribution in [0.2, 0.25) is 0 Å². The zero-order valence-corrected chi connectivity index (χ0v) is 16.5. The van der Waals surface area contributed by atoms with E-state index in [1.165, 1.54) is 4.52 Å². The summed E-state index contributed by atoms with van der Waals surface area (Å²) in [5.74, 6) is 0.677. The van der Waals surface area contributed by atoms with Gasteiger partial charge in [-0.15, -0.1) is 0 Å². The van der Waals surface area contributed by atoms with Crippen molar-refractivity contribution < 1.29 is 0 Å². The smallest absolute Gasteiger partial charge is 0.267 e. The molecule has 0 radical (unpaired) electrons. The second-order valence-corrected chi connectivity index (χ2v) is 7.00. The van der Waals surface area contributed by atoms with Crippen molar-refractivity contribution >= 4 is 28.7 Å². The largest absolute Gasteiger partial charge is 0.283 e. The van der Waals surface area contributed by atoms with Crippen molar-refractivity contribution in [2.75, 3.05) is 5.43 Å². The van der Waals surface area contributed by atoms with Gasteiger partial charge in [-0.05, 0) is 23.3 Å². The van der Waals surface area contributed by atoms with Gasteiger partial charge in [0.2, 0.25) is 0 Å². The molecular formula is C24H18N6O. The molecule has 3 aromatic carbocycles. The summed E-state index contributed by atoms with van der Waals surface area (Å²) in [5.41, 5.74) is 5.92. The van der Waals surface area contributed by atoms with Crippen LogP contribution in [0.25, 0.3) is 16.7 Å². The highest BCUT2D eigenvalue weighted by atomic mass is 16.1. The Bertz CT molecular complexity index is 1450. The molecule has 5 aromatic rings. The first kappa shape index (κ1) is 18.6. The van der Waals surface area contributed by atoms with Crippen molar-refractivity contribution in [3.05, 3.63) is 112 Å². The van der Waals surface area contributed by atoms with Crippen molar-refractivity contribution in [2.24, 2.45) is 5.10 Å². The van der Waals surface area contributed by atoms with E-state index < -0.39 is 0 Å². The fourth-order valence-corrected chi connectivity index (χ4v) is 3.31. The maximum Gasteiger partial charge on any atom is 0.283 e. The van der Waals surface area contributed by atoms with Crippen molar-refractivity contribution in [3.8, 4) is 0 Å². The Kier molecular flexibility index (Phi) is 4.90. The summed E-state index contributed by atoms with van der Waals surface area (Å²) in [6, 6.07) is 26.8. The Balaban J connectivity index is 1.61. The van der Waals surface area contributed by atoms with Gasteiger partial charge in [0.1, 0.15) is 5.69 Å². The molecule has 7 heteroatoms. The second kappa shape index (κ2) is 8.16. The highest BCUT2D eigenvalue weighted by Gasteiger charge is 2.13. The molecule has 1 N–H and O–H groups in total. The molecule has 2 aromatic heterocycles. The van der Waals surface area contributed by atoms with E-state index in [1.807, 2.05) is 72.8 Å². The number of hydrogen-bond acceptors (Lipinski definition) is 6. The third kappa shape index (κ3) is 3.89. The van der Waals surface area contributed by atoms with Gasteiger partial charge < -0.3 is 0 Å². The monoisotopic (exact) mass is 406 g/mol. The van der Waals surface area contributed by atoms with Crippen LogP contribution in [0.4, 0.5) is 5.82 Å². The summed E-state index contributed by atoms with van der Waals surface area (Å²) in [5, 5.41) is 9.40.